The second-order valence-electron chi connectivity index (χ2n) is 4.60. The molecule has 0 radical (unpaired) electrons. The van der Waals surface area contributed by atoms with Gasteiger partial charge in [0.1, 0.15) is 5.75 Å². The Labute approximate surface area is 157 Å². The van der Waals surface area contributed by atoms with E-state index in [1.165, 1.54) is 19.2 Å². The van der Waals surface area contributed by atoms with Gasteiger partial charge in [-0.1, -0.05) is 23.2 Å². The summed E-state index contributed by atoms with van der Waals surface area (Å²) >= 11 is 14.9. The van der Waals surface area contributed by atoms with Crippen molar-refractivity contribution in [1.82, 2.24) is 0 Å². The van der Waals surface area contributed by atoms with Gasteiger partial charge in [-0.3, -0.25) is 4.79 Å². The zero-order valence-electron chi connectivity index (χ0n) is 12.4. The van der Waals surface area contributed by atoms with Crippen LogP contribution >= 0.6 is 39.1 Å². The van der Waals surface area contributed by atoms with Crippen LogP contribution in [0.2, 0.25) is 10.0 Å². The maximum Gasteiger partial charge on any atom is 0.339 e. The van der Waals surface area contributed by atoms with Gasteiger partial charge in [0.15, 0.2) is 6.61 Å². The SMILES string of the molecule is COc1ccc(Br)c(C(=O)OCC(=O)Nc2ccc(Cl)c(Cl)c2)c1. The molecule has 0 aliphatic carbocycles. The topological polar surface area (TPSA) is 64.6 Å². The van der Waals surface area contributed by atoms with Gasteiger partial charge in [0, 0.05) is 10.2 Å². The van der Waals surface area contributed by atoms with Crippen molar-refractivity contribution in [1.29, 1.82) is 0 Å². The van der Waals surface area contributed by atoms with Crippen molar-refractivity contribution in [2.45, 2.75) is 0 Å². The third-order valence-corrected chi connectivity index (χ3v) is 4.36. The largest absolute Gasteiger partial charge is 0.497 e. The molecule has 2 aromatic rings. The predicted molar refractivity (Wildman–Crippen MR) is 96.1 cm³/mol. The fourth-order valence-corrected chi connectivity index (χ4v) is 2.47. The van der Waals surface area contributed by atoms with Gasteiger partial charge in [-0.2, -0.15) is 0 Å². The fraction of sp³-hybridized carbons (Fsp3) is 0.125. The smallest absolute Gasteiger partial charge is 0.339 e. The molecule has 0 unspecified atom stereocenters. The van der Waals surface area contributed by atoms with Crippen LogP contribution in [0.15, 0.2) is 40.9 Å². The number of amides is 1. The molecule has 5 nitrogen and oxygen atoms in total. The summed E-state index contributed by atoms with van der Waals surface area (Å²) in [6, 6.07) is 9.51. The van der Waals surface area contributed by atoms with E-state index in [0.29, 0.717) is 26.0 Å². The number of carbonyl (C=O) groups excluding carboxylic acids is 2. The molecule has 1 N–H and O–H groups in total. The molecule has 0 saturated heterocycles. The summed E-state index contributed by atoms with van der Waals surface area (Å²) in [5.41, 5.74) is 0.713. The number of rotatable bonds is 5. The maximum absolute atomic E-state index is 12.1. The number of esters is 1. The number of anilines is 1. The molecular weight excluding hydrogens is 421 g/mol. The minimum absolute atomic E-state index is 0.261. The van der Waals surface area contributed by atoms with Gasteiger partial charge in [-0.15, -0.1) is 0 Å². The van der Waals surface area contributed by atoms with E-state index < -0.39 is 18.5 Å². The average Bonchev–Trinajstić information content (AvgIpc) is 2.56. The molecule has 0 aliphatic rings. The van der Waals surface area contributed by atoms with Crippen molar-refractivity contribution in [3.05, 3.63) is 56.5 Å². The standard InChI is InChI=1S/C16H12BrCl2NO4/c1-23-10-3-4-12(17)11(7-10)16(22)24-8-15(21)20-9-2-5-13(18)14(19)6-9/h2-7H,8H2,1H3,(H,20,21). The lowest BCUT2D eigenvalue weighted by atomic mass is 10.2. The highest BCUT2D eigenvalue weighted by Gasteiger charge is 2.15. The van der Waals surface area contributed by atoms with Crippen LogP contribution in [0.3, 0.4) is 0 Å². The average molecular weight is 433 g/mol. The van der Waals surface area contributed by atoms with Crippen LogP contribution in [0, 0.1) is 0 Å². The van der Waals surface area contributed by atoms with Gasteiger partial charge < -0.3 is 14.8 Å². The lowest BCUT2D eigenvalue weighted by Crippen LogP contribution is -2.21. The van der Waals surface area contributed by atoms with Crippen molar-refractivity contribution in [2.24, 2.45) is 0 Å². The highest BCUT2D eigenvalue weighted by Crippen LogP contribution is 2.25. The van der Waals surface area contributed by atoms with Gasteiger partial charge in [-0.25, -0.2) is 4.79 Å². The van der Waals surface area contributed by atoms with E-state index in [9.17, 15) is 9.59 Å². The predicted octanol–water partition coefficient (Wildman–Crippen LogP) is 4.56. The number of carbonyl (C=O) groups is 2. The van der Waals surface area contributed by atoms with Gasteiger partial charge in [0.2, 0.25) is 0 Å². The Morgan fingerprint density at radius 2 is 1.88 bits per heavy atom. The van der Waals surface area contributed by atoms with Crippen molar-refractivity contribution >= 4 is 56.7 Å². The molecule has 0 spiro atoms. The van der Waals surface area contributed by atoms with Crippen molar-refractivity contribution in [3.63, 3.8) is 0 Å². The second-order valence-corrected chi connectivity index (χ2v) is 6.27. The van der Waals surface area contributed by atoms with Gasteiger partial charge in [0.25, 0.3) is 5.91 Å². The maximum atomic E-state index is 12.1. The highest BCUT2D eigenvalue weighted by molar-refractivity contribution is 9.10. The normalized spacial score (nSPS) is 10.2. The molecule has 0 aliphatic heterocycles. The van der Waals surface area contributed by atoms with Crippen LogP contribution in [0.1, 0.15) is 10.4 Å². The van der Waals surface area contributed by atoms with Gasteiger partial charge in [-0.05, 0) is 52.3 Å². The molecular formula is C16H12BrCl2NO4. The zero-order chi connectivity index (χ0) is 17.7. The lowest BCUT2D eigenvalue weighted by Gasteiger charge is -2.09. The van der Waals surface area contributed by atoms with E-state index in [-0.39, 0.29) is 5.56 Å². The first-order valence-electron chi connectivity index (χ1n) is 6.66. The Bertz CT molecular complexity index is 783. The number of hydrogen-bond acceptors (Lipinski definition) is 4. The van der Waals surface area contributed by atoms with Crippen LogP contribution in [0.5, 0.6) is 5.75 Å². The summed E-state index contributed by atoms with van der Waals surface area (Å²) < 4.78 is 10.6. The number of methoxy groups -OCH3 is 1. The monoisotopic (exact) mass is 431 g/mol. The van der Waals surface area contributed by atoms with Crippen LogP contribution in [0.25, 0.3) is 0 Å². The van der Waals surface area contributed by atoms with E-state index in [2.05, 4.69) is 21.2 Å². The Hall–Kier alpha value is -1.76. The van der Waals surface area contributed by atoms with Crippen LogP contribution in [-0.4, -0.2) is 25.6 Å². The summed E-state index contributed by atoms with van der Waals surface area (Å²) in [4.78, 5) is 23.9. The molecule has 8 heteroatoms. The van der Waals surface area contributed by atoms with Crippen molar-refractivity contribution in [2.75, 3.05) is 19.0 Å². The lowest BCUT2D eigenvalue weighted by molar-refractivity contribution is -0.119. The van der Waals surface area contributed by atoms with Crippen LogP contribution < -0.4 is 10.1 Å². The molecule has 2 aromatic carbocycles. The summed E-state index contributed by atoms with van der Waals surface area (Å²) in [6.07, 6.45) is 0. The number of hydrogen-bond donors (Lipinski definition) is 1. The molecule has 2 rings (SSSR count). The molecule has 0 aromatic heterocycles. The first-order valence-corrected chi connectivity index (χ1v) is 8.21. The summed E-state index contributed by atoms with van der Waals surface area (Å²) in [5.74, 6) is -0.642. The summed E-state index contributed by atoms with van der Waals surface area (Å²) in [7, 11) is 1.49. The summed E-state index contributed by atoms with van der Waals surface area (Å²) in [5, 5.41) is 3.25. The van der Waals surface area contributed by atoms with Crippen molar-refractivity contribution < 1.29 is 19.1 Å². The van der Waals surface area contributed by atoms with E-state index >= 15 is 0 Å². The Balaban J connectivity index is 1.96. The first kappa shape index (κ1) is 18.6. The molecule has 0 atom stereocenters. The zero-order valence-corrected chi connectivity index (χ0v) is 15.5. The van der Waals surface area contributed by atoms with E-state index in [0.717, 1.165) is 0 Å². The summed E-state index contributed by atoms with van der Waals surface area (Å²) in [6.45, 7) is -0.442. The van der Waals surface area contributed by atoms with Gasteiger partial charge in [0.05, 0.1) is 22.7 Å². The number of benzene rings is 2. The first-order chi connectivity index (χ1) is 11.4. The molecule has 0 saturated carbocycles. The van der Waals surface area contributed by atoms with E-state index in [1.807, 2.05) is 0 Å². The molecule has 0 fully saturated rings. The number of halogens is 3. The Morgan fingerprint density at radius 3 is 2.54 bits per heavy atom. The minimum atomic E-state index is -0.648. The number of nitrogens with one attached hydrogen (secondary N) is 1. The third-order valence-electron chi connectivity index (χ3n) is 2.93. The van der Waals surface area contributed by atoms with Crippen LogP contribution in [-0.2, 0) is 9.53 Å². The van der Waals surface area contributed by atoms with Crippen molar-refractivity contribution in [3.8, 4) is 5.75 Å². The second kappa shape index (κ2) is 8.37. The quantitative estimate of drug-likeness (QED) is 0.703. The molecule has 1 amide bonds. The molecule has 24 heavy (non-hydrogen) atoms. The van der Waals surface area contributed by atoms with E-state index in [1.54, 1.807) is 24.3 Å². The van der Waals surface area contributed by atoms with Crippen LogP contribution in [0.4, 0.5) is 5.69 Å². The highest BCUT2D eigenvalue weighted by atomic mass is 79.9. The molecule has 126 valence electrons. The minimum Gasteiger partial charge on any atom is -0.497 e. The van der Waals surface area contributed by atoms with E-state index in [4.69, 9.17) is 32.7 Å². The Morgan fingerprint density at radius 1 is 1.12 bits per heavy atom. The van der Waals surface area contributed by atoms with Gasteiger partial charge >= 0.3 is 5.97 Å². The Kier molecular flexibility index (Phi) is 6.48. The molecule has 0 bridgehead atoms. The third kappa shape index (κ3) is 4.87. The number of ether oxygens (including phenoxy) is 2. The fourth-order valence-electron chi connectivity index (χ4n) is 1.77. The molecule has 0 heterocycles.